The van der Waals surface area contributed by atoms with Crippen molar-refractivity contribution in [3.05, 3.63) is 262 Å². The Morgan fingerprint density at radius 1 is 0.346 bits per heavy atom. The number of hydrogen-bond donors (Lipinski definition) is 0. The zero-order chi connectivity index (χ0) is 53.6. The van der Waals surface area contributed by atoms with Crippen molar-refractivity contribution in [2.45, 2.75) is 50.9 Å². The Hall–Kier alpha value is -8.18. The molecule has 0 atom stereocenters. The van der Waals surface area contributed by atoms with Gasteiger partial charge >= 0.3 is 12.4 Å². The minimum Gasteiger partial charge on any atom is -0.309 e. The topological polar surface area (TPSA) is 6.48 Å². The fourth-order valence-electron chi connectivity index (χ4n) is 12.9. The normalized spacial score (nSPS) is 14.2. The monoisotopic (exact) mass is 1070 g/mol. The van der Waals surface area contributed by atoms with Crippen LogP contribution < -0.4 is 9.80 Å². The Morgan fingerprint density at radius 3 is 1.08 bits per heavy atom. The highest BCUT2D eigenvalue weighted by Crippen LogP contribution is 2.64. The van der Waals surface area contributed by atoms with Crippen LogP contribution in [0.4, 0.5) is 60.5 Å². The third kappa shape index (κ3) is 7.01. The second kappa shape index (κ2) is 17.2. The van der Waals surface area contributed by atoms with Crippen LogP contribution in [0, 0.1) is 13.8 Å². The van der Waals surface area contributed by atoms with Gasteiger partial charge in [-0.25, -0.2) is 0 Å². The van der Waals surface area contributed by atoms with Crippen molar-refractivity contribution >= 4 is 97.1 Å². The van der Waals surface area contributed by atoms with Gasteiger partial charge in [0.05, 0.1) is 37.3 Å². The number of hydrogen-bond acceptors (Lipinski definition) is 4. The highest BCUT2D eigenvalue weighted by molar-refractivity contribution is 7.27. The third-order valence-corrected chi connectivity index (χ3v) is 19.2. The predicted octanol–water partition coefficient (Wildman–Crippen LogP) is 21.0. The van der Waals surface area contributed by atoms with Crippen molar-refractivity contribution in [2.75, 3.05) is 9.80 Å². The maximum absolute atomic E-state index is 14.3. The standard InChI is InChI=1S/C68H46F6N2S2/c1-39-13-9-15-49-51-17-11-23-59(63(51)77-61(39)49)75(43-29-25-41(26-30-43)67(69,70)71)45-33-35-47-48-36-34-46(38-58(48)66(57(47)37-45)55-21-7-5-19-53(55)65(3,4)54-20-6-8-22-56(54)66)76(44-31-27-42(28-32-44)68(72,73)74)60-24-12-18-52-50-16-10-14-40(2)62(50)78-64(52)60/h5-38H,1-4H3. The van der Waals surface area contributed by atoms with Crippen LogP contribution in [0.15, 0.2) is 206 Å². The second-order valence-electron chi connectivity index (χ2n) is 21.1. The predicted molar refractivity (Wildman–Crippen MR) is 310 cm³/mol. The number of thiophene rings is 2. The van der Waals surface area contributed by atoms with E-state index in [1.165, 1.54) is 0 Å². The average Bonchev–Trinajstić information content (AvgIpc) is 3.27. The van der Waals surface area contributed by atoms with Crippen LogP contribution in [-0.4, -0.2) is 0 Å². The van der Waals surface area contributed by atoms with Gasteiger partial charge in [0, 0.05) is 59.1 Å². The first-order chi connectivity index (χ1) is 37.5. The van der Waals surface area contributed by atoms with Crippen LogP contribution in [0.25, 0.3) is 51.5 Å². The molecule has 0 radical (unpaired) electrons. The van der Waals surface area contributed by atoms with Gasteiger partial charge in [-0.1, -0.05) is 135 Å². The number of benzene rings is 10. The molecule has 0 saturated carbocycles. The molecule has 14 rings (SSSR count). The molecular weight excluding hydrogens is 1020 g/mol. The lowest BCUT2D eigenvalue weighted by molar-refractivity contribution is -0.138. The van der Waals surface area contributed by atoms with E-state index < -0.39 is 34.3 Å². The molecule has 2 aromatic heterocycles. The van der Waals surface area contributed by atoms with Gasteiger partial charge < -0.3 is 9.80 Å². The van der Waals surface area contributed by atoms with Gasteiger partial charge in [-0.3, -0.25) is 0 Å². The fourth-order valence-corrected chi connectivity index (χ4v) is 15.4. The van der Waals surface area contributed by atoms with E-state index in [0.29, 0.717) is 11.4 Å². The van der Waals surface area contributed by atoms with Crippen LogP contribution in [0.3, 0.4) is 0 Å². The molecule has 10 aromatic carbocycles. The van der Waals surface area contributed by atoms with E-state index >= 15 is 0 Å². The molecule has 12 aromatic rings. The minimum absolute atomic E-state index is 0.432. The summed E-state index contributed by atoms with van der Waals surface area (Å²) in [5, 5.41) is 4.35. The summed E-state index contributed by atoms with van der Waals surface area (Å²) in [6.07, 6.45) is -9.06. The van der Waals surface area contributed by atoms with Crippen LogP contribution in [-0.2, 0) is 23.2 Å². The van der Waals surface area contributed by atoms with Crippen LogP contribution in [0.5, 0.6) is 0 Å². The molecular formula is C68H46F6N2S2. The van der Waals surface area contributed by atoms with Crippen molar-refractivity contribution < 1.29 is 26.3 Å². The molecule has 2 heterocycles. The van der Waals surface area contributed by atoms with E-state index in [1.807, 2.05) is 12.1 Å². The highest BCUT2D eigenvalue weighted by Gasteiger charge is 2.54. The quantitative estimate of drug-likeness (QED) is 0.153. The summed E-state index contributed by atoms with van der Waals surface area (Å²) in [7, 11) is 0. The Balaban J connectivity index is 1.06. The summed E-state index contributed by atoms with van der Waals surface area (Å²) in [4.78, 5) is 4.19. The molecule has 0 bridgehead atoms. The molecule has 1 spiro atoms. The molecule has 0 fully saturated rings. The van der Waals surface area contributed by atoms with Crippen molar-refractivity contribution in [1.29, 1.82) is 0 Å². The van der Waals surface area contributed by atoms with E-state index in [4.69, 9.17) is 0 Å². The highest BCUT2D eigenvalue weighted by atomic mass is 32.1. The van der Waals surface area contributed by atoms with Gasteiger partial charge in [0.15, 0.2) is 0 Å². The molecule has 0 N–H and O–H groups in total. The summed E-state index contributed by atoms with van der Waals surface area (Å²) in [5.74, 6) is 0. The van der Waals surface area contributed by atoms with Crippen molar-refractivity contribution in [1.82, 2.24) is 0 Å². The summed E-state index contributed by atoms with van der Waals surface area (Å²) in [5.41, 5.74) is 12.2. The third-order valence-electron chi connectivity index (χ3n) is 16.4. The zero-order valence-corrected chi connectivity index (χ0v) is 44.2. The van der Waals surface area contributed by atoms with Gasteiger partial charge in [0.2, 0.25) is 0 Å². The molecule has 2 aliphatic carbocycles. The van der Waals surface area contributed by atoms with Gasteiger partial charge in [0.1, 0.15) is 0 Å². The number of fused-ring (bicyclic) bond motifs is 15. The van der Waals surface area contributed by atoms with Gasteiger partial charge in [-0.2, -0.15) is 26.3 Å². The molecule has 0 aliphatic heterocycles. The second-order valence-corrected chi connectivity index (χ2v) is 23.1. The molecule has 2 nitrogen and oxygen atoms in total. The first-order valence-corrected chi connectivity index (χ1v) is 27.4. The Kier molecular flexibility index (Phi) is 10.6. The van der Waals surface area contributed by atoms with Gasteiger partial charge in [-0.05, 0) is 154 Å². The molecule has 382 valence electrons. The fraction of sp³-hybridized carbons (Fsp3) is 0.118. The first kappa shape index (κ1) is 48.2. The maximum Gasteiger partial charge on any atom is 0.416 e. The summed E-state index contributed by atoms with van der Waals surface area (Å²) in [6, 6.07) is 66.0. The molecule has 78 heavy (non-hydrogen) atoms. The SMILES string of the molecule is Cc1cccc2c1sc1c(N(c3ccc(C(F)(F)F)cc3)c3ccc4c(c3)C3(c5cc(N(c6ccc(C(F)(F)F)cc6)c6cccc7c6sc6c(C)cccc67)ccc5-4)c4ccccc4C(C)(C)c4ccccc43)cccc12. The number of rotatable bonds is 6. The van der Waals surface area contributed by atoms with Crippen LogP contribution >= 0.6 is 22.7 Å². The minimum atomic E-state index is -4.53. The van der Waals surface area contributed by atoms with Crippen LogP contribution in [0.2, 0.25) is 0 Å². The lowest BCUT2D eigenvalue weighted by Crippen LogP contribution is -2.40. The smallest absolute Gasteiger partial charge is 0.309 e. The van der Waals surface area contributed by atoms with Gasteiger partial charge in [0.25, 0.3) is 0 Å². The first-order valence-electron chi connectivity index (χ1n) is 25.8. The Morgan fingerprint density at radius 2 is 0.692 bits per heavy atom. The molecule has 0 amide bonds. The van der Waals surface area contributed by atoms with Gasteiger partial charge in [-0.15, -0.1) is 22.7 Å². The average molecular weight is 1070 g/mol. The number of nitrogens with zero attached hydrogens (tertiary/aromatic N) is 2. The van der Waals surface area contributed by atoms with Crippen molar-refractivity contribution in [3.63, 3.8) is 0 Å². The molecule has 0 saturated heterocycles. The Labute approximate surface area is 454 Å². The number of halogens is 6. The summed E-state index contributed by atoms with van der Waals surface area (Å²) in [6.45, 7) is 8.73. The Bertz CT molecular complexity index is 4150. The van der Waals surface area contributed by atoms with E-state index in [1.54, 1.807) is 46.9 Å². The van der Waals surface area contributed by atoms with E-state index in [-0.39, 0.29) is 0 Å². The van der Waals surface area contributed by atoms with E-state index in [2.05, 4.69) is 183 Å². The maximum atomic E-state index is 14.3. The summed E-state index contributed by atoms with van der Waals surface area (Å²) < 4.78 is 90.2. The van der Waals surface area contributed by atoms with Crippen LogP contribution in [0.1, 0.15) is 69.5 Å². The lowest BCUT2D eigenvalue weighted by Gasteiger charge is -2.47. The van der Waals surface area contributed by atoms with E-state index in [0.717, 1.165) is 143 Å². The molecule has 2 aliphatic rings. The number of anilines is 6. The molecule has 10 heteroatoms. The number of alkyl halides is 6. The van der Waals surface area contributed by atoms with E-state index in [9.17, 15) is 26.3 Å². The summed E-state index contributed by atoms with van der Waals surface area (Å²) >= 11 is 3.36. The molecule has 0 unspecified atom stereocenters. The largest absolute Gasteiger partial charge is 0.416 e. The lowest BCUT2D eigenvalue weighted by atomic mass is 9.55. The number of aryl methyl sites for hydroxylation is 2. The zero-order valence-electron chi connectivity index (χ0n) is 42.6. The van der Waals surface area contributed by atoms with Crippen molar-refractivity contribution in [2.24, 2.45) is 0 Å². The van der Waals surface area contributed by atoms with Crippen molar-refractivity contribution in [3.8, 4) is 11.1 Å².